The molecule has 0 radical (unpaired) electrons. The first kappa shape index (κ1) is 19.0. The molecule has 134 valence electrons. The van der Waals surface area contributed by atoms with Crippen LogP contribution in [-0.2, 0) is 16.8 Å². The van der Waals surface area contributed by atoms with Crippen LogP contribution in [0.15, 0.2) is 65.3 Å². The van der Waals surface area contributed by atoms with E-state index in [-0.39, 0.29) is 5.91 Å². The molecule has 1 amide bonds. The molecule has 26 heavy (non-hydrogen) atoms. The molecule has 2 N–H and O–H groups in total. The maximum Gasteiger partial charge on any atom is 0.255 e. The third kappa shape index (κ3) is 3.83. The first-order valence-corrected chi connectivity index (χ1v) is 9.52. The van der Waals surface area contributed by atoms with Crippen LogP contribution < -0.4 is 10.6 Å². The summed E-state index contributed by atoms with van der Waals surface area (Å²) >= 11 is 15.6. The lowest BCUT2D eigenvalue weighted by molar-refractivity contribution is -0.121. The van der Waals surface area contributed by atoms with Crippen molar-refractivity contribution in [3.05, 3.63) is 86.5 Å². The van der Waals surface area contributed by atoms with Gasteiger partial charge in [0.25, 0.3) is 5.91 Å². The van der Waals surface area contributed by atoms with Crippen LogP contribution >= 0.6 is 39.1 Å². The average molecular weight is 452 g/mol. The van der Waals surface area contributed by atoms with Crippen LogP contribution in [0.4, 0.5) is 5.69 Å². The van der Waals surface area contributed by atoms with Crippen molar-refractivity contribution in [1.82, 2.24) is 5.32 Å². The number of benzene rings is 2. The summed E-state index contributed by atoms with van der Waals surface area (Å²) in [5.41, 5.74) is 2.09. The van der Waals surface area contributed by atoms with E-state index in [0.29, 0.717) is 27.9 Å². The SMILES string of the molecule is C=C(/C=C(\C)Br)NC1(Cc2cccc(Cl)c2)C(=O)Nc2cc(Cl)ccc21. The van der Waals surface area contributed by atoms with E-state index in [0.717, 1.165) is 15.6 Å². The number of allylic oxidation sites excluding steroid dienone is 2. The third-order valence-electron chi connectivity index (χ3n) is 4.18. The smallest absolute Gasteiger partial charge is 0.255 e. The van der Waals surface area contributed by atoms with E-state index in [1.807, 2.05) is 43.3 Å². The van der Waals surface area contributed by atoms with Crippen LogP contribution in [-0.4, -0.2) is 5.91 Å². The third-order valence-corrected chi connectivity index (χ3v) is 4.88. The molecule has 1 heterocycles. The topological polar surface area (TPSA) is 41.1 Å². The Bertz CT molecular complexity index is 922. The van der Waals surface area contributed by atoms with Crippen molar-refractivity contribution in [1.29, 1.82) is 0 Å². The molecule has 3 nitrogen and oxygen atoms in total. The monoisotopic (exact) mass is 450 g/mol. The zero-order valence-corrected chi connectivity index (χ0v) is 17.2. The Kier molecular flexibility index (Phi) is 5.47. The summed E-state index contributed by atoms with van der Waals surface area (Å²) in [6.07, 6.45) is 2.25. The summed E-state index contributed by atoms with van der Waals surface area (Å²) in [5, 5.41) is 7.44. The number of anilines is 1. The van der Waals surface area contributed by atoms with Gasteiger partial charge in [0.2, 0.25) is 0 Å². The highest BCUT2D eigenvalue weighted by molar-refractivity contribution is 9.11. The fraction of sp³-hybridized carbons (Fsp3) is 0.150. The maximum atomic E-state index is 13.1. The molecule has 2 aromatic rings. The molecular formula is C20H17BrCl2N2O. The molecule has 1 atom stereocenters. The normalized spacial score (nSPS) is 19.1. The van der Waals surface area contributed by atoms with Gasteiger partial charge in [-0.15, -0.1) is 0 Å². The lowest BCUT2D eigenvalue weighted by Gasteiger charge is -2.30. The second kappa shape index (κ2) is 7.47. The van der Waals surface area contributed by atoms with Gasteiger partial charge in [0.15, 0.2) is 0 Å². The number of halogens is 3. The van der Waals surface area contributed by atoms with Gasteiger partial charge in [0.1, 0.15) is 5.54 Å². The quantitative estimate of drug-likeness (QED) is 0.565. The van der Waals surface area contributed by atoms with Gasteiger partial charge < -0.3 is 10.6 Å². The van der Waals surface area contributed by atoms with Gasteiger partial charge in [-0.2, -0.15) is 0 Å². The summed E-state index contributed by atoms with van der Waals surface area (Å²) in [7, 11) is 0. The van der Waals surface area contributed by atoms with Gasteiger partial charge in [-0.25, -0.2) is 0 Å². The minimum atomic E-state index is -0.999. The van der Waals surface area contributed by atoms with Gasteiger partial charge in [0.05, 0.1) is 0 Å². The molecule has 0 saturated heterocycles. The summed E-state index contributed by atoms with van der Waals surface area (Å²) in [5.74, 6) is -0.156. The van der Waals surface area contributed by atoms with E-state index < -0.39 is 5.54 Å². The summed E-state index contributed by atoms with van der Waals surface area (Å²) in [6.45, 7) is 5.94. The maximum absolute atomic E-state index is 13.1. The number of carbonyl (C=O) groups is 1. The number of fused-ring (bicyclic) bond motifs is 1. The van der Waals surface area contributed by atoms with E-state index in [9.17, 15) is 4.79 Å². The van der Waals surface area contributed by atoms with Crippen molar-refractivity contribution in [3.8, 4) is 0 Å². The Hall–Kier alpha value is -1.75. The molecule has 3 rings (SSSR count). The molecule has 1 aliphatic heterocycles. The Morgan fingerprint density at radius 3 is 2.69 bits per heavy atom. The molecule has 6 heteroatoms. The van der Waals surface area contributed by atoms with Crippen molar-refractivity contribution >= 4 is 50.7 Å². The molecule has 1 aliphatic rings. The second-order valence-electron chi connectivity index (χ2n) is 6.24. The highest BCUT2D eigenvalue weighted by Gasteiger charge is 2.47. The Morgan fingerprint density at radius 2 is 2.00 bits per heavy atom. The van der Waals surface area contributed by atoms with Crippen LogP contribution in [0.1, 0.15) is 18.1 Å². The minimum Gasteiger partial charge on any atom is -0.368 e. The predicted molar refractivity (Wildman–Crippen MR) is 112 cm³/mol. The molecule has 0 aromatic heterocycles. The van der Waals surface area contributed by atoms with E-state index in [1.165, 1.54) is 0 Å². The first-order chi connectivity index (χ1) is 12.3. The van der Waals surface area contributed by atoms with Crippen molar-refractivity contribution in [2.45, 2.75) is 18.9 Å². The number of carbonyl (C=O) groups excluding carboxylic acids is 1. The minimum absolute atomic E-state index is 0.156. The van der Waals surface area contributed by atoms with E-state index in [1.54, 1.807) is 12.1 Å². The number of nitrogens with one attached hydrogen (secondary N) is 2. The lowest BCUT2D eigenvalue weighted by Crippen LogP contribution is -2.49. The molecule has 1 unspecified atom stereocenters. The van der Waals surface area contributed by atoms with E-state index in [4.69, 9.17) is 23.2 Å². The number of amides is 1. The average Bonchev–Trinajstić information content (AvgIpc) is 2.77. The fourth-order valence-corrected chi connectivity index (χ4v) is 3.85. The molecule has 0 fully saturated rings. The van der Waals surface area contributed by atoms with Gasteiger partial charge in [-0.1, -0.05) is 63.9 Å². The second-order valence-corrected chi connectivity index (χ2v) is 8.36. The largest absolute Gasteiger partial charge is 0.368 e. The number of hydrogen-bond donors (Lipinski definition) is 2. The zero-order valence-electron chi connectivity index (χ0n) is 14.1. The van der Waals surface area contributed by atoms with E-state index >= 15 is 0 Å². The van der Waals surface area contributed by atoms with Crippen LogP contribution in [0, 0.1) is 0 Å². The van der Waals surface area contributed by atoms with Gasteiger partial charge >= 0.3 is 0 Å². The van der Waals surface area contributed by atoms with Gasteiger partial charge in [-0.3, -0.25) is 4.79 Å². The first-order valence-electron chi connectivity index (χ1n) is 7.97. The van der Waals surface area contributed by atoms with Crippen molar-refractivity contribution < 1.29 is 4.79 Å². The van der Waals surface area contributed by atoms with Crippen molar-refractivity contribution in [3.63, 3.8) is 0 Å². The highest BCUT2D eigenvalue weighted by atomic mass is 79.9. The van der Waals surface area contributed by atoms with Crippen LogP contribution in [0.25, 0.3) is 0 Å². The Labute approximate surface area is 171 Å². The fourth-order valence-electron chi connectivity index (χ4n) is 3.19. The summed E-state index contributed by atoms with van der Waals surface area (Å²) in [6, 6.07) is 12.9. The van der Waals surface area contributed by atoms with Gasteiger partial charge in [0, 0.05) is 33.4 Å². The molecule has 0 bridgehead atoms. The number of rotatable bonds is 5. The lowest BCUT2D eigenvalue weighted by atomic mass is 9.84. The van der Waals surface area contributed by atoms with Gasteiger partial charge in [-0.05, 0) is 47.3 Å². The highest BCUT2D eigenvalue weighted by Crippen LogP contribution is 2.40. The zero-order chi connectivity index (χ0) is 18.9. The van der Waals surface area contributed by atoms with Crippen LogP contribution in [0.5, 0.6) is 0 Å². The Balaban J connectivity index is 2.09. The van der Waals surface area contributed by atoms with E-state index in [2.05, 4.69) is 33.1 Å². The number of hydrogen-bond acceptors (Lipinski definition) is 2. The molecule has 2 aromatic carbocycles. The summed E-state index contributed by atoms with van der Waals surface area (Å²) in [4.78, 5) is 13.1. The van der Waals surface area contributed by atoms with Crippen molar-refractivity contribution in [2.75, 3.05) is 5.32 Å². The standard InChI is InChI=1S/C20H17BrCl2N2O/c1-12(21)8-13(2)25-20(11-14-4-3-5-15(22)9-14)17-7-6-16(23)10-18(17)24-19(20)26/h3-10,25H,2,11H2,1H3,(H,24,26)/b12-8+. The molecular weight excluding hydrogens is 435 g/mol. The molecule has 0 spiro atoms. The summed E-state index contributed by atoms with van der Waals surface area (Å²) < 4.78 is 0.905. The molecule has 0 aliphatic carbocycles. The van der Waals surface area contributed by atoms with Crippen LogP contribution in [0.3, 0.4) is 0 Å². The molecule has 0 saturated carbocycles. The predicted octanol–water partition coefficient (Wildman–Crippen LogP) is 5.79. The van der Waals surface area contributed by atoms with Crippen molar-refractivity contribution in [2.24, 2.45) is 0 Å². The Morgan fingerprint density at radius 1 is 1.27 bits per heavy atom. The van der Waals surface area contributed by atoms with Crippen LogP contribution in [0.2, 0.25) is 10.0 Å².